The van der Waals surface area contributed by atoms with E-state index in [1.165, 1.54) is 6.07 Å². The zero-order valence-corrected chi connectivity index (χ0v) is 12.4. The van der Waals surface area contributed by atoms with Gasteiger partial charge in [0.2, 0.25) is 10.0 Å². The molecule has 3 N–H and O–H groups in total. The Kier molecular flexibility index (Phi) is 5.84. The van der Waals surface area contributed by atoms with Gasteiger partial charge in [0.05, 0.1) is 18.3 Å². The first kappa shape index (κ1) is 16.3. The summed E-state index contributed by atoms with van der Waals surface area (Å²) in [5, 5.41) is 8.10. The second-order valence-electron chi connectivity index (χ2n) is 3.87. The predicted octanol–water partition coefficient (Wildman–Crippen LogP) is 1.69. The maximum atomic E-state index is 12.0. The second-order valence-corrected chi connectivity index (χ2v) is 6.17. The van der Waals surface area contributed by atoms with Crippen molar-refractivity contribution in [3.63, 3.8) is 0 Å². The second kappa shape index (κ2) is 7.16. The summed E-state index contributed by atoms with van der Waals surface area (Å²) in [5.74, 6) is 5.40. The SMILES string of the molecule is CCC(C#N)S(=O)(=O)Nc1cc(Cl)ccc1C#CCN. The van der Waals surface area contributed by atoms with Crippen molar-refractivity contribution in [3.8, 4) is 17.9 Å². The van der Waals surface area contributed by atoms with Crippen molar-refractivity contribution in [2.75, 3.05) is 11.3 Å². The van der Waals surface area contributed by atoms with Crippen LogP contribution in [0.2, 0.25) is 5.02 Å². The zero-order chi connectivity index (χ0) is 15.2. The van der Waals surface area contributed by atoms with Crippen LogP contribution in [0.25, 0.3) is 0 Å². The highest BCUT2D eigenvalue weighted by molar-refractivity contribution is 7.93. The molecule has 0 radical (unpaired) electrons. The number of nitrogens with one attached hydrogen (secondary N) is 1. The fraction of sp³-hybridized carbons (Fsp3) is 0.308. The number of nitrogens with zero attached hydrogens (tertiary/aromatic N) is 1. The summed E-state index contributed by atoms with van der Waals surface area (Å²) in [6, 6.07) is 6.39. The number of halogens is 1. The van der Waals surface area contributed by atoms with Crippen molar-refractivity contribution >= 4 is 27.3 Å². The van der Waals surface area contributed by atoms with Gasteiger partial charge in [-0.2, -0.15) is 5.26 Å². The molecule has 1 atom stereocenters. The molecule has 0 aliphatic carbocycles. The lowest BCUT2D eigenvalue weighted by Gasteiger charge is -2.13. The van der Waals surface area contributed by atoms with Gasteiger partial charge in [0.15, 0.2) is 5.25 Å². The Hall–Kier alpha value is -1.73. The summed E-state index contributed by atoms with van der Waals surface area (Å²) < 4.78 is 26.5. The van der Waals surface area contributed by atoms with Crippen LogP contribution in [0.15, 0.2) is 18.2 Å². The Morgan fingerprint density at radius 1 is 1.50 bits per heavy atom. The van der Waals surface area contributed by atoms with E-state index in [-0.39, 0.29) is 18.7 Å². The number of nitriles is 1. The Labute approximate surface area is 123 Å². The van der Waals surface area contributed by atoms with E-state index in [4.69, 9.17) is 22.6 Å². The minimum atomic E-state index is -3.81. The number of hydrogen-bond acceptors (Lipinski definition) is 4. The molecule has 0 fully saturated rings. The number of anilines is 1. The third kappa shape index (κ3) is 4.14. The first-order valence-corrected chi connectivity index (χ1v) is 7.76. The minimum Gasteiger partial charge on any atom is -0.320 e. The first-order valence-electron chi connectivity index (χ1n) is 5.84. The molecule has 0 aromatic heterocycles. The van der Waals surface area contributed by atoms with E-state index in [2.05, 4.69) is 16.6 Å². The van der Waals surface area contributed by atoms with Crippen molar-refractivity contribution in [1.29, 1.82) is 5.26 Å². The molecule has 1 aromatic rings. The minimum absolute atomic E-state index is 0.157. The lowest BCUT2D eigenvalue weighted by molar-refractivity contribution is 0.593. The molecule has 0 spiro atoms. The van der Waals surface area contributed by atoms with Gasteiger partial charge in [0, 0.05) is 10.6 Å². The molecule has 0 amide bonds. The number of sulfonamides is 1. The monoisotopic (exact) mass is 311 g/mol. The van der Waals surface area contributed by atoms with Gasteiger partial charge < -0.3 is 5.73 Å². The number of rotatable bonds is 4. The van der Waals surface area contributed by atoms with Crippen LogP contribution in [0.3, 0.4) is 0 Å². The fourth-order valence-corrected chi connectivity index (χ4v) is 2.83. The highest BCUT2D eigenvalue weighted by Crippen LogP contribution is 2.22. The zero-order valence-electron chi connectivity index (χ0n) is 10.9. The van der Waals surface area contributed by atoms with Crippen molar-refractivity contribution in [1.82, 2.24) is 0 Å². The fourth-order valence-electron chi connectivity index (χ4n) is 1.46. The van der Waals surface area contributed by atoms with Crippen LogP contribution in [0, 0.1) is 23.2 Å². The maximum absolute atomic E-state index is 12.0. The third-order valence-corrected chi connectivity index (χ3v) is 4.38. The molecule has 0 heterocycles. The summed E-state index contributed by atoms with van der Waals surface area (Å²) >= 11 is 5.85. The molecule has 0 aliphatic heterocycles. The van der Waals surface area contributed by atoms with Crippen molar-refractivity contribution in [3.05, 3.63) is 28.8 Å². The lowest BCUT2D eigenvalue weighted by Crippen LogP contribution is -2.26. The topological polar surface area (TPSA) is 96.0 Å². The molecule has 106 valence electrons. The average molecular weight is 312 g/mol. The van der Waals surface area contributed by atoms with E-state index >= 15 is 0 Å². The van der Waals surface area contributed by atoms with Crippen molar-refractivity contribution < 1.29 is 8.42 Å². The number of nitrogens with two attached hydrogens (primary N) is 1. The Morgan fingerprint density at radius 3 is 2.75 bits per heavy atom. The molecule has 1 aromatic carbocycles. The van der Waals surface area contributed by atoms with Crippen LogP contribution < -0.4 is 10.5 Å². The smallest absolute Gasteiger partial charge is 0.249 e. The van der Waals surface area contributed by atoms with E-state index in [1.807, 2.05) is 0 Å². The lowest BCUT2D eigenvalue weighted by atomic mass is 10.2. The van der Waals surface area contributed by atoms with Gasteiger partial charge in [-0.15, -0.1) is 0 Å². The van der Waals surface area contributed by atoms with Gasteiger partial charge in [-0.3, -0.25) is 4.72 Å². The average Bonchev–Trinajstić information content (AvgIpc) is 2.38. The summed E-state index contributed by atoms with van der Waals surface area (Å²) in [6.07, 6.45) is 0.191. The van der Waals surface area contributed by atoms with Crippen LogP contribution >= 0.6 is 11.6 Å². The molecular formula is C13H14ClN3O2S. The molecule has 20 heavy (non-hydrogen) atoms. The Balaban J connectivity index is 3.21. The predicted molar refractivity (Wildman–Crippen MR) is 79.6 cm³/mol. The van der Waals surface area contributed by atoms with Gasteiger partial charge in [-0.1, -0.05) is 30.4 Å². The van der Waals surface area contributed by atoms with E-state index < -0.39 is 15.3 Å². The van der Waals surface area contributed by atoms with E-state index in [0.29, 0.717) is 10.6 Å². The van der Waals surface area contributed by atoms with Crippen LogP contribution in [0.5, 0.6) is 0 Å². The molecule has 5 nitrogen and oxygen atoms in total. The largest absolute Gasteiger partial charge is 0.320 e. The highest BCUT2D eigenvalue weighted by Gasteiger charge is 2.24. The quantitative estimate of drug-likeness (QED) is 0.827. The molecule has 0 saturated carbocycles. The standard InChI is InChI=1S/C13H14ClN3O2S/c1-2-12(9-16)20(18,19)17-13-8-11(14)6-5-10(13)4-3-7-15/h5-6,8,12,17H,2,7,15H2,1H3. The van der Waals surface area contributed by atoms with Gasteiger partial charge >= 0.3 is 0 Å². The molecule has 7 heteroatoms. The summed E-state index contributed by atoms with van der Waals surface area (Å²) in [4.78, 5) is 0. The third-order valence-electron chi connectivity index (χ3n) is 2.45. The van der Waals surface area contributed by atoms with Gasteiger partial charge in [0.25, 0.3) is 0 Å². The van der Waals surface area contributed by atoms with Crippen LogP contribution in [-0.2, 0) is 10.0 Å². The molecule has 1 unspecified atom stereocenters. The summed E-state index contributed by atoms with van der Waals surface area (Å²) in [6.45, 7) is 1.78. The Bertz CT molecular complexity index is 684. The van der Waals surface area contributed by atoms with E-state index in [0.717, 1.165) is 0 Å². The molecule has 0 saturated heterocycles. The van der Waals surface area contributed by atoms with Gasteiger partial charge in [-0.05, 0) is 24.6 Å². The van der Waals surface area contributed by atoms with E-state index in [1.54, 1.807) is 25.1 Å². The highest BCUT2D eigenvalue weighted by atomic mass is 35.5. The maximum Gasteiger partial charge on any atom is 0.249 e. The van der Waals surface area contributed by atoms with Crippen molar-refractivity contribution in [2.45, 2.75) is 18.6 Å². The Morgan fingerprint density at radius 2 is 2.20 bits per heavy atom. The molecular weight excluding hydrogens is 298 g/mol. The number of hydrogen-bond donors (Lipinski definition) is 2. The van der Waals surface area contributed by atoms with Gasteiger partial charge in [-0.25, -0.2) is 8.42 Å². The molecule has 0 aliphatic rings. The normalized spacial score (nSPS) is 11.9. The van der Waals surface area contributed by atoms with Crippen LogP contribution in [0.4, 0.5) is 5.69 Å². The van der Waals surface area contributed by atoms with E-state index in [9.17, 15) is 8.42 Å². The van der Waals surface area contributed by atoms with Crippen molar-refractivity contribution in [2.24, 2.45) is 5.73 Å². The molecule has 1 rings (SSSR count). The number of benzene rings is 1. The summed E-state index contributed by atoms with van der Waals surface area (Å²) in [5.41, 5.74) is 5.99. The summed E-state index contributed by atoms with van der Waals surface area (Å²) in [7, 11) is -3.81. The van der Waals surface area contributed by atoms with Gasteiger partial charge in [0.1, 0.15) is 0 Å². The van der Waals surface area contributed by atoms with Crippen LogP contribution in [-0.4, -0.2) is 20.2 Å². The van der Waals surface area contributed by atoms with Crippen LogP contribution in [0.1, 0.15) is 18.9 Å². The first-order chi connectivity index (χ1) is 9.44. The molecule has 0 bridgehead atoms.